The van der Waals surface area contributed by atoms with Crippen molar-refractivity contribution in [2.45, 2.75) is 25.6 Å². The van der Waals surface area contributed by atoms with E-state index in [2.05, 4.69) is 10.3 Å². The molecule has 0 aliphatic carbocycles. The van der Waals surface area contributed by atoms with Gasteiger partial charge in [-0.15, -0.1) is 0 Å². The first-order chi connectivity index (χ1) is 15.0. The van der Waals surface area contributed by atoms with Crippen LogP contribution in [-0.2, 0) is 11.2 Å². The van der Waals surface area contributed by atoms with Crippen molar-refractivity contribution in [1.82, 2.24) is 15.2 Å². The minimum Gasteiger partial charge on any atom is -0.469 e. The molecule has 3 N–H and O–H groups in total. The SMILES string of the molecule is CC(NC(=O)N1C(=O)C(Cc2ccnc(N)c2)C1Oc1ccccc1)c1ccccc1. The van der Waals surface area contributed by atoms with Gasteiger partial charge in [0.25, 0.3) is 0 Å². The van der Waals surface area contributed by atoms with Crippen LogP contribution in [0.3, 0.4) is 0 Å². The monoisotopic (exact) mass is 416 g/mol. The first-order valence-electron chi connectivity index (χ1n) is 10.1. The molecule has 0 radical (unpaired) electrons. The highest BCUT2D eigenvalue weighted by Gasteiger charge is 2.52. The highest BCUT2D eigenvalue weighted by molar-refractivity contribution is 6.01. The van der Waals surface area contributed by atoms with E-state index in [-0.39, 0.29) is 11.9 Å². The number of hydrogen-bond acceptors (Lipinski definition) is 5. The number of anilines is 1. The summed E-state index contributed by atoms with van der Waals surface area (Å²) in [5.74, 6) is 0.193. The van der Waals surface area contributed by atoms with Crippen LogP contribution in [0, 0.1) is 5.92 Å². The van der Waals surface area contributed by atoms with Crippen LogP contribution in [-0.4, -0.2) is 28.1 Å². The fourth-order valence-electron chi connectivity index (χ4n) is 3.66. The number of para-hydroxylation sites is 1. The van der Waals surface area contributed by atoms with E-state index in [4.69, 9.17) is 10.5 Å². The van der Waals surface area contributed by atoms with Gasteiger partial charge in [-0.3, -0.25) is 4.79 Å². The van der Waals surface area contributed by atoms with E-state index in [1.54, 1.807) is 24.4 Å². The molecule has 4 rings (SSSR count). The van der Waals surface area contributed by atoms with Crippen molar-refractivity contribution in [3.05, 3.63) is 90.1 Å². The fraction of sp³-hybridized carbons (Fsp3) is 0.208. The van der Waals surface area contributed by atoms with Crippen molar-refractivity contribution in [2.24, 2.45) is 5.92 Å². The van der Waals surface area contributed by atoms with E-state index < -0.39 is 18.2 Å². The molecule has 2 aromatic carbocycles. The number of ether oxygens (including phenoxy) is 1. The summed E-state index contributed by atoms with van der Waals surface area (Å²) in [5, 5.41) is 2.89. The van der Waals surface area contributed by atoms with Crippen LogP contribution in [0.25, 0.3) is 0 Å². The highest BCUT2D eigenvalue weighted by Crippen LogP contribution is 2.33. The summed E-state index contributed by atoms with van der Waals surface area (Å²) in [6.45, 7) is 1.88. The summed E-state index contributed by atoms with van der Waals surface area (Å²) in [6.07, 6.45) is 1.29. The molecule has 0 spiro atoms. The Morgan fingerprint density at radius 2 is 1.81 bits per heavy atom. The lowest BCUT2D eigenvalue weighted by molar-refractivity contribution is -0.166. The van der Waals surface area contributed by atoms with Gasteiger partial charge >= 0.3 is 6.03 Å². The van der Waals surface area contributed by atoms with Gasteiger partial charge in [0.05, 0.1) is 12.0 Å². The molecular weight excluding hydrogens is 392 g/mol. The summed E-state index contributed by atoms with van der Waals surface area (Å²) >= 11 is 0. The molecule has 0 bridgehead atoms. The Labute approximate surface area is 180 Å². The summed E-state index contributed by atoms with van der Waals surface area (Å²) in [6, 6.07) is 21.6. The Hall–Kier alpha value is -3.87. The maximum Gasteiger partial charge on any atom is 0.327 e. The van der Waals surface area contributed by atoms with Gasteiger partial charge in [-0.05, 0) is 48.7 Å². The summed E-state index contributed by atoms with van der Waals surface area (Å²) in [7, 11) is 0. The number of pyridine rings is 1. The Morgan fingerprint density at radius 1 is 1.13 bits per heavy atom. The third-order valence-electron chi connectivity index (χ3n) is 5.31. The molecule has 158 valence electrons. The van der Waals surface area contributed by atoms with Gasteiger partial charge < -0.3 is 15.8 Å². The maximum atomic E-state index is 13.0. The second kappa shape index (κ2) is 8.87. The number of nitrogens with two attached hydrogens (primary N) is 1. The molecule has 31 heavy (non-hydrogen) atoms. The van der Waals surface area contributed by atoms with Crippen LogP contribution >= 0.6 is 0 Å². The highest BCUT2D eigenvalue weighted by atomic mass is 16.5. The largest absolute Gasteiger partial charge is 0.469 e. The molecule has 1 saturated heterocycles. The van der Waals surface area contributed by atoms with Crippen molar-refractivity contribution in [2.75, 3.05) is 5.73 Å². The van der Waals surface area contributed by atoms with Gasteiger partial charge in [0.1, 0.15) is 11.6 Å². The predicted octanol–water partition coefficient (Wildman–Crippen LogP) is 3.54. The summed E-state index contributed by atoms with van der Waals surface area (Å²) in [4.78, 5) is 31.0. The number of benzene rings is 2. The lowest BCUT2D eigenvalue weighted by Crippen LogP contribution is -2.68. The first-order valence-corrected chi connectivity index (χ1v) is 10.1. The number of amides is 3. The van der Waals surface area contributed by atoms with Crippen LogP contribution in [0.1, 0.15) is 24.1 Å². The molecule has 1 aliphatic rings. The number of nitrogens with one attached hydrogen (secondary N) is 1. The molecule has 7 heteroatoms. The third-order valence-corrected chi connectivity index (χ3v) is 5.31. The van der Waals surface area contributed by atoms with Crippen molar-refractivity contribution in [3.8, 4) is 5.75 Å². The van der Waals surface area contributed by atoms with Gasteiger partial charge in [0.2, 0.25) is 5.91 Å². The molecule has 1 fully saturated rings. The number of β-lactam (4-membered cyclic amide) rings is 1. The van der Waals surface area contributed by atoms with Crippen LogP contribution in [0.2, 0.25) is 0 Å². The third kappa shape index (κ3) is 4.50. The van der Waals surface area contributed by atoms with Crippen molar-refractivity contribution >= 4 is 17.8 Å². The van der Waals surface area contributed by atoms with Crippen molar-refractivity contribution in [1.29, 1.82) is 0 Å². The molecule has 2 heterocycles. The van der Waals surface area contributed by atoms with Crippen LogP contribution in [0.5, 0.6) is 5.75 Å². The zero-order valence-corrected chi connectivity index (χ0v) is 17.1. The van der Waals surface area contributed by atoms with E-state index in [1.165, 1.54) is 0 Å². The normalized spacial score (nSPS) is 18.7. The van der Waals surface area contributed by atoms with Gasteiger partial charge in [-0.2, -0.15) is 0 Å². The maximum absolute atomic E-state index is 13.0. The number of carbonyl (C=O) groups is 2. The van der Waals surface area contributed by atoms with E-state index in [9.17, 15) is 9.59 Å². The fourth-order valence-corrected chi connectivity index (χ4v) is 3.66. The smallest absolute Gasteiger partial charge is 0.327 e. The average Bonchev–Trinajstić information content (AvgIpc) is 2.78. The molecule has 0 saturated carbocycles. The van der Waals surface area contributed by atoms with E-state index in [0.29, 0.717) is 18.0 Å². The van der Waals surface area contributed by atoms with Crippen LogP contribution < -0.4 is 15.8 Å². The number of rotatable bonds is 6. The van der Waals surface area contributed by atoms with Gasteiger partial charge in [-0.1, -0.05) is 48.5 Å². The Kier molecular flexibility index (Phi) is 5.84. The average molecular weight is 416 g/mol. The number of urea groups is 1. The summed E-state index contributed by atoms with van der Waals surface area (Å²) < 4.78 is 6.05. The molecule has 3 unspecified atom stereocenters. The molecule has 1 aliphatic heterocycles. The van der Waals surface area contributed by atoms with Gasteiger partial charge in [0, 0.05) is 6.20 Å². The zero-order chi connectivity index (χ0) is 21.8. The number of hydrogen-bond donors (Lipinski definition) is 2. The van der Waals surface area contributed by atoms with E-state index in [0.717, 1.165) is 16.0 Å². The number of aromatic nitrogens is 1. The number of likely N-dealkylation sites (tertiary alicyclic amines) is 1. The van der Waals surface area contributed by atoms with E-state index >= 15 is 0 Å². The number of nitrogen functional groups attached to an aromatic ring is 1. The second-order valence-corrected chi connectivity index (χ2v) is 7.51. The molecule has 1 aromatic heterocycles. The predicted molar refractivity (Wildman–Crippen MR) is 117 cm³/mol. The standard InChI is InChI=1S/C24H24N4O3/c1-16(18-8-4-2-5-9-18)27-24(30)28-22(29)20(14-17-12-13-26-21(25)15-17)23(28)31-19-10-6-3-7-11-19/h2-13,15-16,20,23H,14H2,1H3,(H2,25,26)(H,27,30). The van der Waals surface area contributed by atoms with Crippen molar-refractivity contribution < 1.29 is 14.3 Å². The molecule has 3 aromatic rings. The number of imide groups is 1. The first kappa shape index (κ1) is 20.4. The molecule has 3 atom stereocenters. The van der Waals surface area contributed by atoms with E-state index in [1.807, 2.05) is 61.5 Å². The quantitative estimate of drug-likeness (QED) is 0.599. The van der Waals surface area contributed by atoms with Crippen LogP contribution in [0.15, 0.2) is 79.0 Å². The number of carbonyl (C=O) groups excluding carboxylic acids is 2. The van der Waals surface area contributed by atoms with Crippen molar-refractivity contribution in [3.63, 3.8) is 0 Å². The lowest BCUT2D eigenvalue weighted by atomic mass is 9.89. The Bertz CT molecular complexity index is 1060. The molecule has 3 amide bonds. The summed E-state index contributed by atoms with van der Waals surface area (Å²) in [5.41, 5.74) is 7.59. The number of nitrogens with zero attached hydrogens (tertiary/aromatic N) is 2. The molecular formula is C24H24N4O3. The van der Waals surface area contributed by atoms with Gasteiger partial charge in [-0.25, -0.2) is 14.7 Å². The second-order valence-electron chi connectivity index (χ2n) is 7.51. The lowest BCUT2D eigenvalue weighted by Gasteiger charge is -2.45. The molecule has 7 nitrogen and oxygen atoms in total. The Morgan fingerprint density at radius 3 is 2.48 bits per heavy atom. The minimum atomic E-state index is -0.715. The zero-order valence-electron chi connectivity index (χ0n) is 17.1. The topological polar surface area (TPSA) is 97.6 Å². The Balaban J connectivity index is 1.52. The van der Waals surface area contributed by atoms with Crippen LogP contribution in [0.4, 0.5) is 10.6 Å². The van der Waals surface area contributed by atoms with Gasteiger partial charge in [0.15, 0.2) is 6.23 Å². The minimum absolute atomic E-state index is 0.252.